The maximum Gasteiger partial charge on any atom is 0.253 e. The summed E-state index contributed by atoms with van der Waals surface area (Å²) in [7, 11) is 1.75. The quantitative estimate of drug-likeness (QED) is 0.700. The van der Waals surface area contributed by atoms with Gasteiger partial charge in [-0.15, -0.1) is 0 Å². The molecule has 1 aliphatic rings. The molecule has 25 heavy (non-hydrogen) atoms. The molecular weight excluding hydrogens is 336 g/mol. The highest BCUT2D eigenvalue weighted by Gasteiger charge is 2.30. The molecule has 0 aliphatic heterocycles. The van der Waals surface area contributed by atoms with Crippen LogP contribution in [0, 0.1) is 6.92 Å². The van der Waals surface area contributed by atoms with Crippen LogP contribution in [-0.2, 0) is 7.05 Å². The second-order valence-electron chi connectivity index (χ2n) is 6.39. The van der Waals surface area contributed by atoms with E-state index in [1.165, 1.54) is 0 Å². The number of rotatable bonds is 5. The van der Waals surface area contributed by atoms with E-state index in [1.807, 2.05) is 19.1 Å². The van der Waals surface area contributed by atoms with Crippen molar-refractivity contribution in [3.8, 4) is 11.3 Å². The van der Waals surface area contributed by atoms with Gasteiger partial charge in [0.1, 0.15) is 17.0 Å². The van der Waals surface area contributed by atoms with Crippen LogP contribution in [-0.4, -0.2) is 20.3 Å². The van der Waals surface area contributed by atoms with Gasteiger partial charge in [-0.3, -0.25) is 4.79 Å². The fourth-order valence-corrected chi connectivity index (χ4v) is 3.25. The number of aryl methyl sites for hydroxylation is 2. The van der Waals surface area contributed by atoms with E-state index in [0.29, 0.717) is 17.1 Å². The SMILES string of the molecule is CCSNc1cc2nc(C3CC3)oc2c(-c2cc(C)c(=O)n(C)c2)n1. The number of aromatic nitrogens is 3. The molecule has 0 atom stereocenters. The maximum atomic E-state index is 12.0. The molecule has 3 aromatic heterocycles. The molecule has 0 spiro atoms. The Morgan fingerprint density at radius 3 is 2.84 bits per heavy atom. The van der Waals surface area contributed by atoms with Crippen molar-refractivity contribution in [3.63, 3.8) is 0 Å². The summed E-state index contributed by atoms with van der Waals surface area (Å²) in [5.74, 6) is 2.90. The van der Waals surface area contributed by atoms with Gasteiger partial charge in [0.15, 0.2) is 11.5 Å². The highest BCUT2D eigenvalue weighted by atomic mass is 32.2. The first-order valence-corrected chi connectivity index (χ1v) is 9.42. The number of anilines is 1. The number of nitrogens with zero attached hydrogens (tertiary/aromatic N) is 3. The smallest absolute Gasteiger partial charge is 0.253 e. The lowest BCUT2D eigenvalue weighted by Gasteiger charge is -2.09. The second-order valence-corrected chi connectivity index (χ2v) is 7.46. The van der Waals surface area contributed by atoms with Gasteiger partial charge >= 0.3 is 0 Å². The molecule has 0 aromatic carbocycles. The van der Waals surface area contributed by atoms with Gasteiger partial charge in [0.2, 0.25) is 0 Å². The van der Waals surface area contributed by atoms with E-state index in [1.54, 1.807) is 29.8 Å². The minimum Gasteiger partial charge on any atom is -0.438 e. The number of hydrogen-bond donors (Lipinski definition) is 1. The number of hydrogen-bond acceptors (Lipinski definition) is 6. The van der Waals surface area contributed by atoms with Gasteiger partial charge in [0, 0.05) is 42.1 Å². The molecule has 1 aliphatic carbocycles. The molecule has 1 saturated carbocycles. The summed E-state index contributed by atoms with van der Waals surface area (Å²) >= 11 is 1.58. The number of pyridine rings is 2. The predicted molar refractivity (Wildman–Crippen MR) is 101 cm³/mol. The Morgan fingerprint density at radius 1 is 1.36 bits per heavy atom. The second kappa shape index (κ2) is 6.22. The Balaban J connectivity index is 1.91. The van der Waals surface area contributed by atoms with Crippen molar-refractivity contribution >= 4 is 28.9 Å². The lowest BCUT2D eigenvalue weighted by Crippen LogP contribution is -2.18. The number of oxazole rings is 1. The van der Waals surface area contributed by atoms with E-state index in [2.05, 4.69) is 16.6 Å². The van der Waals surface area contributed by atoms with Crippen molar-refractivity contribution in [1.29, 1.82) is 0 Å². The normalized spacial score (nSPS) is 14.2. The van der Waals surface area contributed by atoms with Crippen molar-refractivity contribution < 1.29 is 4.42 Å². The van der Waals surface area contributed by atoms with Gasteiger partial charge in [-0.2, -0.15) is 0 Å². The van der Waals surface area contributed by atoms with Gasteiger partial charge < -0.3 is 13.7 Å². The highest BCUT2D eigenvalue weighted by molar-refractivity contribution is 8.00. The van der Waals surface area contributed by atoms with Crippen LogP contribution in [0.4, 0.5) is 5.82 Å². The Bertz CT molecular complexity index is 978. The lowest BCUT2D eigenvalue weighted by atomic mass is 10.1. The Morgan fingerprint density at radius 2 is 2.16 bits per heavy atom. The van der Waals surface area contributed by atoms with E-state index >= 15 is 0 Å². The van der Waals surface area contributed by atoms with Crippen LogP contribution in [0.3, 0.4) is 0 Å². The summed E-state index contributed by atoms with van der Waals surface area (Å²) in [6.07, 6.45) is 4.06. The molecule has 3 heterocycles. The van der Waals surface area contributed by atoms with Crippen LogP contribution < -0.4 is 10.3 Å². The zero-order valence-electron chi connectivity index (χ0n) is 14.5. The molecular formula is C18H20N4O2S. The average Bonchev–Trinajstić information content (AvgIpc) is 3.36. The van der Waals surface area contributed by atoms with Crippen LogP contribution in [0.1, 0.15) is 37.1 Å². The molecule has 0 amide bonds. The summed E-state index contributed by atoms with van der Waals surface area (Å²) in [5.41, 5.74) is 3.73. The van der Waals surface area contributed by atoms with Crippen LogP contribution in [0.2, 0.25) is 0 Å². The number of fused-ring (bicyclic) bond motifs is 1. The van der Waals surface area contributed by atoms with Gasteiger partial charge in [-0.1, -0.05) is 18.9 Å². The largest absolute Gasteiger partial charge is 0.438 e. The summed E-state index contributed by atoms with van der Waals surface area (Å²) in [5, 5.41) is 0. The van der Waals surface area contributed by atoms with Crippen molar-refractivity contribution in [2.45, 2.75) is 32.6 Å². The van der Waals surface area contributed by atoms with Crippen molar-refractivity contribution in [2.75, 3.05) is 10.5 Å². The maximum absolute atomic E-state index is 12.0. The Kier molecular flexibility index (Phi) is 4.03. The van der Waals surface area contributed by atoms with Crippen LogP contribution in [0.5, 0.6) is 0 Å². The first-order valence-electron chi connectivity index (χ1n) is 8.43. The topological polar surface area (TPSA) is 73.0 Å². The third kappa shape index (κ3) is 3.04. The highest BCUT2D eigenvalue weighted by Crippen LogP contribution is 2.42. The Labute approximate surface area is 149 Å². The first-order chi connectivity index (χ1) is 12.1. The fraction of sp³-hybridized carbons (Fsp3) is 0.389. The summed E-state index contributed by atoms with van der Waals surface area (Å²) in [6, 6.07) is 3.78. The third-order valence-corrected chi connectivity index (χ3v) is 4.92. The Hall–Kier alpha value is -2.28. The van der Waals surface area contributed by atoms with Crippen molar-refractivity contribution in [1.82, 2.24) is 14.5 Å². The van der Waals surface area contributed by atoms with E-state index in [4.69, 9.17) is 9.40 Å². The van der Waals surface area contributed by atoms with Crippen LogP contribution in [0.15, 0.2) is 27.5 Å². The van der Waals surface area contributed by atoms with E-state index in [9.17, 15) is 4.79 Å². The molecule has 7 heteroatoms. The fourth-order valence-electron chi connectivity index (χ4n) is 2.86. The first kappa shape index (κ1) is 16.2. The van der Waals surface area contributed by atoms with Crippen molar-refractivity contribution in [3.05, 3.63) is 40.1 Å². The molecule has 3 aromatic rings. The molecule has 0 unspecified atom stereocenters. The minimum atomic E-state index is -0.00736. The molecule has 130 valence electrons. The standard InChI is InChI=1S/C18H20N4O2S/c1-4-25-21-14-8-13-16(24-17(19-13)11-5-6-11)15(20-14)12-7-10(2)18(23)22(3)9-12/h7-9,11H,4-6H2,1-3H3,(H,20,21). The minimum absolute atomic E-state index is 0.00736. The van der Waals surface area contributed by atoms with Gasteiger partial charge in [0.05, 0.1) is 0 Å². The van der Waals surface area contributed by atoms with Crippen LogP contribution in [0.25, 0.3) is 22.4 Å². The van der Waals surface area contributed by atoms with Gasteiger partial charge in [-0.05, 0) is 25.8 Å². The number of nitrogens with one attached hydrogen (secondary N) is 1. The molecule has 6 nitrogen and oxygen atoms in total. The zero-order chi connectivity index (χ0) is 17.6. The van der Waals surface area contributed by atoms with Gasteiger partial charge in [0.25, 0.3) is 5.56 Å². The lowest BCUT2D eigenvalue weighted by molar-refractivity contribution is 0.533. The van der Waals surface area contributed by atoms with Crippen molar-refractivity contribution in [2.24, 2.45) is 7.05 Å². The monoisotopic (exact) mass is 356 g/mol. The van der Waals surface area contributed by atoms with Crippen LogP contribution >= 0.6 is 11.9 Å². The third-order valence-electron chi connectivity index (χ3n) is 4.27. The zero-order valence-corrected chi connectivity index (χ0v) is 15.3. The molecule has 0 radical (unpaired) electrons. The molecule has 1 fully saturated rings. The average molecular weight is 356 g/mol. The summed E-state index contributed by atoms with van der Waals surface area (Å²) in [6.45, 7) is 3.89. The molecule has 4 rings (SSSR count). The van der Waals surface area contributed by atoms with E-state index in [-0.39, 0.29) is 5.56 Å². The van der Waals surface area contributed by atoms with E-state index < -0.39 is 0 Å². The molecule has 1 N–H and O–H groups in total. The van der Waals surface area contributed by atoms with Gasteiger partial charge in [-0.25, -0.2) is 9.97 Å². The van der Waals surface area contributed by atoms with E-state index in [0.717, 1.165) is 47.1 Å². The predicted octanol–water partition coefficient (Wildman–Crippen LogP) is 3.85. The summed E-state index contributed by atoms with van der Waals surface area (Å²) in [4.78, 5) is 21.4. The molecule has 0 bridgehead atoms. The molecule has 0 saturated heterocycles. The summed E-state index contributed by atoms with van der Waals surface area (Å²) < 4.78 is 10.9.